The molecular weight excluding hydrogens is 375 g/mol. The first-order chi connectivity index (χ1) is 13.1. The van der Waals surface area contributed by atoms with E-state index in [1.165, 1.54) is 12.1 Å². The molecule has 2 heterocycles. The van der Waals surface area contributed by atoms with Crippen molar-refractivity contribution in [1.29, 1.82) is 0 Å². The maximum atomic E-state index is 13.1. The fraction of sp³-hybridized carbons (Fsp3) is 0.158. The van der Waals surface area contributed by atoms with E-state index in [2.05, 4.69) is 10.5 Å². The highest BCUT2D eigenvalue weighted by molar-refractivity contribution is 6.33. The van der Waals surface area contributed by atoms with Crippen molar-refractivity contribution in [2.45, 2.75) is 6.54 Å². The van der Waals surface area contributed by atoms with Crippen LogP contribution in [0, 0.1) is 5.82 Å². The number of aromatic nitrogens is 1. The lowest BCUT2D eigenvalue weighted by Crippen LogP contribution is -2.23. The van der Waals surface area contributed by atoms with Gasteiger partial charge in [-0.25, -0.2) is 4.39 Å². The van der Waals surface area contributed by atoms with Gasteiger partial charge in [-0.15, -0.1) is 0 Å². The number of amides is 1. The van der Waals surface area contributed by atoms with Crippen LogP contribution >= 0.6 is 11.6 Å². The third-order valence-electron chi connectivity index (χ3n) is 3.99. The van der Waals surface area contributed by atoms with Crippen molar-refractivity contribution in [2.75, 3.05) is 13.2 Å². The second-order valence-electron chi connectivity index (χ2n) is 5.85. The van der Waals surface area contributed by atoms with Crippen molar-refractivity contribution >= 4 is 17.5 Å². The minimum Gasteiger partial charge on any atom is -0.486 e. The first-order valence-electron chi connectivity index (χ1n) is 8.19. The molecule has 3 aromatic rings. The zero-order valence-corrected chi connectivity index (χ0v) is 14.8. The van der Waals surface area contributed by atoms with Gasteiger partial charge >= 0.3 is 0 Å². The van der Waals surface area contributed by atoms with Gasteiger partial charge in [0.15, 0.2) is 17.3 Å². The lowest BCUT2D eigenvalue weighted by Gasteiger charge is -2.18. The SMILES string of the molecule is O=C(NCc1cc(-c2ccc3c(c2)OCCO3)on1)c1ccc(F)cc1Cl. The number of carbonyl (C=O) groups is 1. The topological polar surface area (TPSA) is 73.6 Å². The quantitative estimate of drug-likeness (QED) is 0.735. The number of rotatable bonds is 4. The van der Waals surface area contributed by atoms with Crippen LogP contribution in [0.4, 0.5) is 4.39 Å². The lowest BCUT2D eigenvalue weighted by atomic mass is 10.1. The molecule has 1 aromatic heterocycles. The van der Waals surface area contributed by atoms with E-state index in [0.29, 0.717) is 36.2 Å². The van der Waals surface area contributed by atoms with Crippen LogP contribution in [0.2, 0.25) is 5.02 Å². The molecular formula is C19H14ClFN2O4. The predicted octanol–water partition coefficient (Wildman–Crippen LogP) is 3.84. The highest BCUT2D eigenvalue weighted by atomic mass is 35.5. The highest BCUT2D eigenvalue weighted by Crippen LogP contribution is 2.34. The van der Waals surface area contributed by atoms with Crippen molar-refractivity contribution < 1.29 is 23.2 Å². The van der Waals surface area contributed by atoms with Gasteiger partial charge in [-0.05, 0) is 36.4 Å². The Morgan fingerprint density at radius 1 is 1.11 bits per heavy atom. The summed E-state index contributed by atoms with van der Waals surface area (Å²) in [5.74, 6) is 0.946. The predicted molar refractivity (Wildman–Crippen MR) is 95.5 cm³/mol. The minimum atomic E-state index is -0.503. The first-order valence-corrected chi connectivity index (χ1v) is 8.57. The maximum absolute atomic E-state index is 13.1. The molecule has 0 bridgehead atoms. The van der Waals surface area contributed by atoms with Crippen LogP contribution < -0.4 is 14.8 Å². The van der Waals surface area contributed by atoms with Crippen LogP contribution in [0.1, 0.15) is 16.1 Å². The molecule has 1 aliphatic rings. The summed E-state index contributed by atoms with van der Waals surface area (Å²) in [4.78, 5) is 12.2. The summed E-state index contributed by atoms with van der Waals surface area (Å²) in [6, 6.07) is 10.8. The molecule has 0 fully saturated rings. The summed E-state index contributed by atoms with van der Waals surface area (Å²) in [6.07, 6.45) is 0. The number of ether oxygens (including phenoxy) is 2. The molecule has 6 nitrogen and oxygen atoms in total. The van der Waals surface area contributed by atoms with Crippen LogP contribution in [0.25, 0.3) is 11.3 Å². The van der Waals surface area contributed by atoms with Gasteiger partial charge < -0.3 is 19.3 Å². The number of halogens is 2. The van der Waals surface area contributed by atoms with Gasteiger partial charge in [0.1, 0.15) is 24.7 Å². The maximum Gasteiger partial charge on any atom is 0.253 e. The molecule has 1 N–H and O–H groups in total. The van der Waals surface area contributed by atoms with E-state index >= 15 is 0 Å². The Balaban J connectivity index is 1.44. The van der Waals surface area contributed by atoms with Gasteiger partial charge in [-0.1, -0.05) is 16.8 Å². The summed E-state index contributed by atoms with van der Waals surface area (Å²) in [5.41, 5.74) is 1.51. The zero-order valence-electron chi connectivity index (χ0n) is 14.0. The fourth-order valence-electron chi connectivity index (χ4n) is 2.67. The molecule has 0 radical (unpaired) electrons. The Hall–Kier alpha value is -3.06. The molecule has 0 spiro atoms. The van der Waals surface area contributed by atoms with E-state index in [1.54, 1.807) is 6.07 Å². The van der Waals surface area contributed by atoms with Crippen molar-refractivity contribution in [3.05, 3.63) is 64.6 Å². The van der Waals surface area contributed by atoms with Crippen LogP contribution in [0.3, 0.4) is 0 Å². The van der Waals surface area contributed by atoms with Crippen LogP contribution in [-0.2, 0) is 6.54 Å². The zero-order chi connectivity index (χ0) is 18.8. The molecule has 0 unspecified atom stereocenters. The molecule has 27 heavy (non-hydrogen) atoms. The summed E-state index contributed by atoms with van der Waals surface area (Å²) in [5, 5.41) is 6.68. The van der Waals surface area contributed by atoms with Gasteiger partial charge in [-0.3, -0.25) is 4.79 Å². The monoisotopic (exact) mass is 388 g/mol. The Morgan fingerprint density at radius 2 is 1.93 bits per heavy atom. The van der Waals surface area contributed by atoms with E-state index in [4.69, 9.17) is 25.6 Å². The Kier molecular flexibility index (Phi) is 4.68. The smallest absolute Gasteiger partial charge is 0.253 e. The molecule has 2 aromatic carbocycles. The highest BCUT2D eigenvalue weighted by Gasteiger charge is 2.16. The standard InChI is InChI=1S/C19H14ClFN2O4/c20-15-8-12(21)2-3-14(15)19(24)22-10-13-9-17(27-23-13)11-1-4-16-18(7-11)26-6-5-25-16/h1-4,7-9H,5-6,10H2,(H,22,24). The van der Waals surface area contributed by atoms with Crippen molar-refractivity contribution in [3.63, 3.8) is 0 Å². The second kappa shape index (κ2) is 7.28. The van der Waals surface area contributed by atoms with E-state index in [1.807, 2.05) is 18.2 Å². The molecule has 4 rings (SSSR count). The first kappa shape index (κ1) is 17.4. The van der Waals surface area contributed by atoms with Gasteiger partial charge in [0.2, 0.25) is 0 Å². The van der Waals surface area contributed by atoms with Gasteiger partial charge in [0.05, 0.1) is 17.1 Å². The van der Waals surface area contributed by atoms with E-state index in [0.717, 1.165) is 11.6 Å². The van der Waals surface area contributed by atoms with Crippen LogP contribution in [-0.4, -0.2) is 24.3 Å². The Morgan fingerprint density at radius 3 is 2.74 bits per heavy atom. The third-order valence-corrected chi connectivity index (χ3v) is 4.30. The Labute approximate surface area is 158 Å². The van der Waals surface area contributed by atoms with Crippen LogP contribution in [0.15, 0.2) is 47.0 Å². The number of nitrogens with one attached hydrogen (secondary N) is 1. The molecule has 138 valence electrons. The van der Waals surface area contributed by atoms with Crippen molar-refractivity contribution in [3.8, 4) is 22.8 Å². The second-order valence-corrected chi connectivity index (χ2v) is 6.25. The van der Waals surface area contributed by atoms with Gasteiger partial charge in [-0.2, -0.15) is 0 Å². The molecule has 0 saturated carbocycles. The Bertz CT molecular complexity index is 1010. The van der Waals surface area contributed by atoms with Crippen molar-refractivity contribution in [2.24, 2.45) is 0 Å². The molecule has 0 saturated heterocycles. The number of benzene rings is 2. The number of carbonyl (C=O) groups excluding carboxylic acids is 1. The number of nitrogens with zero attached hydrogens (tertiary/aromatic N) is 1. The van der Waals surface area contributed by atoms with Crippen molar-refractivity contribution in [1.82, 2.24) is 10.5 Å². The minimum absolute atomic E-state index is 0.0459. The average molecular weight is 389 g/mol. The summed E-state index contributed by atoms with van der Waals surface area (Å²) in [6.45, 7) is 1.16. The van der Waals surface area contributed by atoms with E-state index in [-0.39, 0.29) is 17.1 Å². The molecule has 0 atom stereocenters. The van der Waals surface area contributed by atoms with E-state index in [9.17, 15) is 9.18 Å². The van der Waals surface area contributed by atoms with E-state index < -0.39 is 11.7 Å². The fourth-order valence-corrected chi connectivity index (χ4v) is 2.92. The largest absolute Gasteiger partial charge is 0.486 e. The third kappa shape index (κ3) is 3.73. The number of fused-ring (bicyclic) bond motifs is 1. The van der Waals surface area contributed by atoms with Gasteiger partial charge in [0, 0.05) is 11.6 Å². The number of hydrogen-bond acceptors (Lipinski definition) is 5. The average Bonchev–Trinajstić information content (AvgIpc) is 3.15. The molecule has 1 aliphatic heterocycles. The normalized spacial score (nSPS) is 12.7. The van der Waals surface area contributed by atoms with Crippen LogP contribution in [0.5, 0.6) is 11.5 Å². The summed E-state index contributed by atoms with van der Waals surface area (Å²) >= 11 is 5.89. The molecule has 0 aliphatic carbocycles. The summed E-state index contributed by atoms with van der Waals surface area (Å²) < 4.78 is 29.5. The molecule has 8 heteroatoms. The summed E-state index contributed by atoms with van der Waals surface area (Å²) in [7, 11) is 0. The van der Waals surface area contributed by atoms with Gasteiger partial charge in [0.25, 0.3) is 5.91 Å². The lowest BCUT2D eigenvalue weighted by molar-refractivity contribution is 0.0950. The number of hydrogen-bond donors (Lipinski definition) is 1. The molecule has 1 amide bonds.